The van der Waals surface area contributed by atoms with E-state index in [1.807, 2.05) is 20.8 Å². The van der Waals surface area contributed by atoms with Gasteiger partial charge in [-0.2, -0.15) is 0 Å². The summed E-state index contributed by atoms with van der Waals surface area (Å²) in [6, 6.07) is 1.65. The van der Waals surface area contributed by atoms with E-state index in [-0.39, 0.29) is 0 Å². The lowest BCUT2D eigenvalue weighted by Gasteiger charge is -2.19. The first kappa shape index (κ1) is 18.0. The summed E-state index contributed by atoms with van der Waals surface area (Å²) in [4.78, 5) is 22.9. The summed E-state index contributed by atoms with van der Waals surface area (Å²) < 4.78 is 15.2. The van der Waals surface area contributed by atoms with Crippen LogP contribution in [0.4, 0.5) is 4.79 Å². The Bertz CT molecular complexity index is 516. The molecule has 0 bridgehead atoms. The molecule has 0 aliphatic rings. The number of alkyl carbamates (subject to hydrolysis) is 1. The fourth-order valence-electron chi connectivity index (χ4n) is 1.72. The number of amides is 1. The van der Waals surface area contributed by atoms with Gasteiger partial charge in [0.1, 0.15) is 22.7 Å². The molecular weight excluding hydrogens is 288 g/mol. The SMILES string of the molecule is COC(=O)c1cc(CNCCNC(=O)OC(C)(C)C)oc1C. The highest BCUT2D eigenvalue weighted by Gasteiger charge is 2.16. The second kappa shape index (κ2) is 7.84. The Morgan fingerprint density at radius 3 is 2.55 bits per heavy atom. The first-order chi connectivity index (χ1) is 10.2. The molecule has 0 fully saturated rings. The van der Waals surface area contributed by atoms with Crippen LogP contribution in [0.3, 0.4) is 0 Å². The van der Waals surface area contributed by atoms with Gasteiger partial charge >= 0.3 is 12.1 Å². The van der Waals surface area contributed by atoms with Crippen LogP contribution in [-0.4, -0.2) is 37.9 Å². The molecule has 0 aliphatic heterocycles. The summed E-state index contributed by atoms with van der Waals surface area (Å²) in [5.41, 5.74) is -0.0841. The number of methoxy groups -OCH3 is 1. The van der Waals surface area contributed by atoms with Crippen LogP contribution in [0.2, 0.25) is 0 Å². The van der Waals surface area contributed by atoms with Gasteiger partial charge in [-0.1, -0.05) is 0 Å². The summed E-state index contributed by atoms with van der Waals surface area (Å²) in [6.45, 7) is 8.56. The number of carbonyl (C=O) groups excluding carboxylic acids is 2. The zero-order valence-corrected chi connectivity index (χ0v) is 13.7. The van der Waals surface area contributed by atoms with Crippen molar-refractivity contribution in [1.29, 1.82) is 0 Å². The van der Waals surface area contributed by atoms with E-state index in [1.165, 1.54) is 7.11 Å². The van der Waals surface area contributed by atoms with Gasteiger partial charge in [0.05, 0.1) is 13.7 Å². The normalized spacial score (nSPS) is 11.1. The molecule has 1 rings (SSSR count). The standard InChI is InChI=1S/C15H24N2O5/c1-10-12(13(18)20-5)8-11(21-10)9-16-6-7-17-14(19)22-15(2,3)4/h8,16H,6-7,9H2,1-5H3,(H,17,19). The number of aryl methyl sites for hydroxylation is 1. The summed E-state index contributed by atoms with van der Waals surface area (Å²) in [5.74, 6) is 0.741. The minimum atomic E-state index is -0.506. The zero-order valence-electron chi connectivity index (χ0n) is 13.7. The molecule has 2 N–H and O–H groups in total. The monoisotopic (exact) mass is 312 g/mol. The molecule has 0 aromatic carbocycles. The third-order valence-electron chi connectivity index (χ3n) is 2.64. The molecule has 0 aliphatic carbocycles. The maximum absolute atomic E-state index is 11.4. The number of rotatable bonds is 6. The van der Waals surface area contributed by atoms with Crippen LogP contribution in [-0.2, 0) is 16.0 Å². The van der Waals surface area contributed by atoms with Gasteiger partial charge < -0.3 is 24.5 Å². The van der Waals surface area contributed by atoms with Crippen LogP contribution in [0.1, 0.15) is 42.6 Å². The molecule has 0 saturated heterocycles. The highest BCUT2D eigenvalue weighted by atomic mass is 16.6. The lowest BCUT2D eigenvalue weighted by atomic mass is 10.2. The number of esters is 1. The van der Waals surface area contributed by atoms with Gasteiger partial charge in [-0.05, 0) is 33.8 Å². The van der Waals surface area contributed by atoms with E-state index < -0.39 is 17.7 Å². The van der Waals surface area contributed by atoms with Gasteiger partial charge in [0, 0.05) is 13.1 Å². The lowest BCUT2D eigenvalue weighted by Crippen LogP contribution is -2.36. The van der Waals surface area contributed by atoms with E-state index in [4.69, 9.17) is 9.15 Å². The van der Waals surface area contributed by atoms with Crippen LogP contribution >= 0.6 is 0 Å². The van der Waals surface area contributed by atoms with Gasteiger partial charge in [-0.25, -0.2) is 9.59 Å². The van der Waals surface area contributed by atoms with Crippen LogP contribution in [0.5, 0.6) is 0 Å². The molecule has 1 heterocycles. The Balaban J connectivity index is 2.28. The van der Waals surface area contributed by atoms with Crippen LogP contribution in [0.15, 0.2) is 10.5 Å². The average molecular weight is 312 g/mol. The molecule has 1 amide bonds. The topological polar surface area (TPSA) is 89.8 Å². The molecule has 1 aromatic rings. The van der Waals surface area contributed by atoms with Gasteiger partial charge in [-0.3, -0.25) is 0 Å². The highest BCUT2D eigenvalue weighted by molar-refractivity contribution is 5.90. The van der Waals surface area contributed by atoms with E-state index in [1.54, 1.807) is 13.0 Å². The number of ether oxygens (including phenoxy) is 2. The second-order valence-corrected chi connectivity index (χ2v) is 5.78. The van der Waals surface area contributed by atoms with E-state index in [9.17, 15) is 9.59 Å². The summed E-state index contributed by atoms with van der Waals surface area (Å²) in [7, 11) is 1.33. The Hall–Kier alpha value is -2.02. The number of nitrogens with one attached hydrogen (secondary N) is 2. The minimum absolute atomic E-state index is 0.418. The number of carbonyl (C=O) groups is 2. The number of furan rings is 1. The van der Waals surface area contributed by atoms with Crippen molar-refractivity contribution in [3.05, 3.63) is 23.2 Å². The summed E-state index contributed by atoms with van der Waals surface area (Å²) in [5, 5.41) is 5.74. The van der Waals surface area contributed by atoms with Gasteiger partial charge in [0.2, 0.25) is 0 Å². The molecule has 7 nitrogen and oxygen atoms in total. The predicted molar refractivity (Wildman–Crippen MR) is 80.7 cm³/mol. The first-order valence-electron chi connectivity index (χ1n) is 7.08. The van der Waals surface area contributed by atoms with Crippen LogP contribution in [0, 0.1) is 6.92 Å². The fourth-order valence-corrected chi connectivity index (χ4v) is 1.72. The predicted octanol–water partition coefficient (Wildman–Crippen LogP) is 1.99. The van der Waals surface area contributed by atoms with E-state index >= 15 is 0 Å². The quantitative estimate of drug-likeness (QED) is 0.617. The van der Waals surface area contributed by atoms with Crippen molar-refractivity contribution in [2.75, 3.05) is 20.2 Å². The lowest BCUT2D eigenvalue weighted by molar-refractivity contribution is 0.0527. The van der Waals surface area contributed by atoms with Crippen molar-refractivity contribution < 1.29 is 23.5 Å². The highest BCUT2D eigenvalue weighted by Crippen LogP contribution is 2.15. The Morgan fingerprint density at radius 2 is 1.95 bits per heavy atom. The van der Waals surface area contributed by atoms with E-state index in [2.05, 4.69) is 15.4 Å². The van der Waals surface area contributed by atoms with Crippen molar-refractivity contribution >= 4 is 12.1 Å². The van der Waals surface area contributed by atoms with Crippen molar-refractivity contribution in [2.24, 2.45) is 0 Å². The van der Waals surface area contributed by atoms with Crippen molar-refractivity contribution in [3.63, 3.8) is 0 Å². The Morgan fingerprint density at radius 1 is 1.27 bits per heavy atom. The largest absolute Gasteiger partial charge is 0.465 e. The fraction of sp³-hybridized carbons (Fsp3) is 0.600. The van der Waals surface area contributed by atoms with Gasteiger partial charge in [0.15, 0.2) is 0 Å². The van der Waals surface area contributed by atoms with Crippen LogP contribution in [0.25, 0.3) is 0 Å². The van der Waals surface area contributed by atoms with Crippen LogP contribution < -0.4 is 10.6 Å². The molecule has 0 spiro atoms. The maximum atomic E-state index is 11.4. The molecule has 22 heavy (non-hydrogen) atoms. The van der Waals surface area contributed by atoms with Gasteiger partial charge in [-0.15, -0.1) is 0 Å². The van der Waals surface area contributed by atoms with E-state index in [0.29, 0.717) is 36.7 Å². The molecule has 0 saturated carbocycles. The molecule has 0 atom stereocenters. The van der Waals surface area contributed by atoms with Crippen molar-refractivity contribution in [3.8, 4) is 0 Å². The smallest absolute Gasteiger partial charge is 0.407 e. The summed E-state index contributed by atoms with van der Waals surface area (Å²) in [6.07, 6.45) is -0.448. The molecule has 1 aromatic heterocycles. The molecule has 0 radical (unpaired) electrons. The molecule has 7 heteroatoms. The average Bonchev–Trinajstić information content (AvgIpc) is 2.76. The number of hydrogen-bond acceptors (Lipinski definition) is 6. The van der Waals surface area contributed by atoms with Gasteiger partial charge in [0.25, 0.3) is 0 Å². The Labute approximate surface area is 130 Å². The number of hydrogen-bond donors (Lipinski definition) is 2. The van der Waals surface area contributed by atoms with Crippen molar-refractivity contribution in [2.45, 2.75) is 39.8 Å². The van der Waals surface area contributed by atoms with Crippen molar-refractivity contribution in [1.82, 2.24) is 10.6 Å². The minimum Gasteiger partial charge on any atom is -0.465 e. The molecule has 0 unspecified atom stereocenters. The Kier molecular flexibility index (Phi) is 6.42. The molecule has 124 valence electrons. The third kappa shape index (κ3) is 6.17. The zero-order chi connectivity index (χ0) is 16.8. The second-order valence-electron chi connectivity index (χ2n) is 5.78. The maximum Gasteiger partial charge on any atom is 0.407 e. The molecular formula is C15H24N2O5. The summed E-state index contributed by atoms with van der Waals surface area (Å²) >= 11 is 0. The third-order valence-corrected chi connectivity index (χ3v) is 2.64. The first-order valence-corrected chi connectivity index (χ1v) is 7.08. The van der Waals surface area contributed by atoms with E-state index in [0.717, 1.165) is 0 Å².